The van der Waals surface area contributed by atoms with E-state index in [0.717, 1.165) is 16.9 Å². The van der Waals surface area contributed by atoms with Crippen LogP contribution in [0.15, 0.2) is 30.5 Å². The van der Waals surface area contributed by atoms with Gasteiger partial charge in [-0.05, 0) is 38.1 Å². The quantitative estimate of drug-likeness (QED) is 0.802. The number of carbonyl (C=O) groups excluding carboxylic acids is 1. The van der Waals surface area contributed by atoms with E-state index in [9.17, 15) is 9.18 Å². The van der Waals surface area contributed by atoms with Gasteiger partial charge >= 0.3 is 0 Å². The summed E-state index contributed by atoms with van der Waals surface area (Å²) in [6.07, 6.45) is 1.87. The van der Waals surface area contributed by atoms with E-state index in [2.05, 4.69) is 4.98 Å². The lowest BCUT2D eigenvalue weighted by Gasteiger charge is -2.11. The van der Waals surface area contributed by atoms with Crippen LogP contribution in [-0.2, 0) is 6.42 Å². The number of halogens is 1. The third kappa shape index (κ3) is 2.85. The molecule has 1 aromatic carbocycles. The third-order valence-corrected chi connectivity index (χ3v) is 3.24. The number of nitrogens with zero attached hydrogens (tertiary/aromatic N) is 1. The number of carbonyl (C=O) groups is 1. The SMILES string of the molecule is COc1c(C)cnc(CC(=O)c2ccc(F)cc2)c1C. The van der Waals surface area contributed by atoms with Crippen molar-refractivity contribution >= 4 is 5.78 Å². The Morgan fingerprint density at radius 1 is 1.25 bits per heavy atom. The van der Waals surface area contributed by atoms with Gasteiger partial charge in [0.05, 0.1) is 19.2 Å². The van der Waals surface area contributed by atoms with Gasteiger partial charge in [0.2, 0.25) is 0 Å². The van der Waals surface area contributed by atoms with E-state index in [1.807, 2.05) is 13.8 Å². The number of benzene rings is 1. The molecule has 0 spiro atoms. The summed E-state index contributed by atoms with van der Waals surface area (Å²) in [6, 6.07) is 5.53. The molecule has 0 atom stereocenters. The summed E-state index contributed by atoms with van der Waals surface area (Å²) in [5.41, 5.74) is 2.96. The van der Waals surface area contributed by atoms with E-state index in [-0.39, 0.29) is 18.0 Å². The average Bonchev–Trinajstić information content (AvgIpc) is 2.43. The zero-order valence-electron chi connectivity index (χ0n) is 11.7. The van der Waals surface area contributed by atoms with Crippen LogP contribution in [0.4, 0.5) is 4.39 Å². The molecule has 0 bridgehead atoms. The molecule has 1 heterocycles. The molecule has 0 amide bonds. The maximum Gasteiger partial charge on any atom is 0.168 e. The molecule has 0 aliphatic heterocycles. The van der Waals surface area contributed by atoms with Crippen LogP contribution in [0.5, 0.6) is 5.75 Å². The van der Waals surface area contributed by atoms with Crippen LogP contribution in [0.3, 0.4) is 0 Å². The summed E-state index contributed by atoms with van der Waals surface area (Å²) in [5, 5.41) is 0. The Labute approximate surface area is 117 Å². The van der Waals surface area contributed by atoms with Crippen LogP contribution < -0.4 is 4.74 Å². The lowest BCUT2D eigenvalue weighted by Crippen LogP contribution is -2.08. The second-order valence-corrected chi connectivity index (χ2v) is 4.65. The minimum Gasteiger partial charge on any atom is -0.496 e. The standard InChI is InChI=1S/C16H16FNO2/c1-10-9-18-14(11(2)16(10)20-3)8-15(19)12-4-6-13(17)7-5-12/h4-7,9H,8H2,1-3H3. The van der Waals surface area contributed by atoms with E-state index in [0.29, 0.717) is 11.3 Å². The lowest BCUT2D eigenvalue weighted by atomic mass is 10.0. The average molecular weight is 273 g/mol. The van der Waals surface area contributed by atoms with E-state index >= 15 is 0 Å². The number of ether oxygens (including phenoxy) is 1. The Balaban J connectivity index is 2.26. The summed E-state index contributed by atoms with van der Waals surface area (Å²) in [7, 11) is 1.60. The largest absolute Gasteiger partial charge is 0.496 e. The number of aryl methyl sites for hydroxylation is 1. The molecule has 4 heteroatoms. The molecule has 0 N–H and O–H groups in total. The van der Waals surface area contributed by atoms with Crippen molar-refractivity contribution in [3.63, 3.8) is 0 Å². The smallest absolute Gasteiger partial charge is 0.168 e. The predicted molar refractivity (Wildman–Crippen MR) is 74.7 cm³/mol. The topological polar surface area (TPSA) is 39.2 Å². The first-order valence-corrected chi connectivity index (χ1v) is 6.30. The van der Waals surface area contributed by atoms with Gasteiger partial charge in [-0.1, -0.05) is 0 Å². The first-order chi connectivity index (χ1) is 9.52. The van der Waals surface area contributed by atoms with E-state index in [1.165, 1.54) is 24.3 Å². The molecule has 20 heavy (non-hydrogen) atoms. The van der Waals surface area contributed by atoms with Gasteiger partial charge in [0.15, 0.2) is 5.78 Å². The Hall–Kier alpha value is -2.23. The molecule has 0 saturated heterocycles. The molecule has 0 fully saturated rings. The molecule has 2 rings (SSSR count). The number of aromatic nitrogens is 1. The highest BCUT2D eigenvalue weighted by atomic mass is 19.1. The highest BCUT2D eigenvalue weighted by Gasteiger charge is 2.14. The fourth-order valence-electron chi connectivity index (χ4n) is 2.14. The summed E-state index contributed by atoms with van der Waals surface area (Å²) >= 11 is 0. The van der Waals surface area contributed by atoms with Gasteiger partial charge in [0.1, 0.15) is 11.6 Å². The van der Waals surface area contributed by atoms with Gasteiger partial charge < -0.3 is 4.74 Å². The molecule has 0 aliphatic carbocycles. The Kier molecular flexibility index (Phi) is 4.13. The van der Waals surface area contributed by atoms with Crippen molar-refractivity contribution in [2.45, 2.75) is 20.3 Å². The lowest BCUT2D eigenvalue weighted by molar-refractivity contribution is 0.0991. The number of pyridine rings is 1. The Morgan fingerprint density at radius 2 is 1.90 bits per heavy atom. The van der Waals surface area contributed by atoms with Crippen molar-refractivity contribution in [3.05, 3.63) is 58.7 Å². The van der Waals surface area contributed by atoms with Crippen LogP contribution in [0.25, 0.3) is 0 Å². The van der Waals surface area contributed by atoms with Crippen molar-refractivity contribution in [1.29, 1.82) is 0 Å². The van der Waals surface area contributed by atoms with Gasteiger partial charge in [-0.2, -0.15) is 0 Å². The predicted octanol–water partition coefficient (Wildman–Crippen LogP) is 3.27. The second kappa shape index (κ2) is 5.82. The molecule has 104 valence electrons. The van der Waals surface area contributed by atoms with Gasteiger partial charge in [-0.3, -0.25) is 9.78 Å². The van der Waals surface area contributed by atoms with Crippen molar-refractivity contribution in [2.75, 3.05) is 7.11 Å². The molecular formula is C16H16FNO2. The first-order valence-electron chi connectivity index (χ1n) is 6.30. The Bertz CT molecular complexity index is 636. The summed E-state index contributed by atoms with van der Waals surface area (Å²) in [5.74, 6) is 0.307. The van der Waals surface area contributed by atoms with Crippen LogP contribution >= 0.6 is 0 Å². The monoisotopic (exact) mass is 273 g/mol. The highest BCUT2D eigenvalue weighted by molar-refractivity contribution is 5.97. The second-order valence-electron chi connectivity index (χ2n) is 4.65. The molecule has 0 unspecified atom stereocenters. The molecular weight excluding hydrogens is 257 g/mol. The maximum absolute atomic E-state index is 12.8. The minimum atomic E-state index is -0.354. The van der Waals surface area contributed by atoms with E-state index in [4.69, 9.17) is 4.74 Å². The van der Waals surface area contributed by atoms with Gasteiger partial charge in [-0.25, -0.2) is 4.39 Å². The number of hydrogen-bond donors (Lipinski definition) is 0. The number of rotatable bonds is 4. The van der Waals surface area contributed by atoms with E-state index in [1.54, 1.807) is 13.3 Å². The van der Waals surface area contributed by atoms with Crippen molar-refractivity contribution < 1.29 is 13.9 Å². The maximum atomic E-state index is 12.8. The van der Waals surface area contributed by atoms with Crippen LogP contribution in [0.2, 0.25) is 0 Å². The zero-order valence-corrected chi connectivity index (χ0v) is 11.7. The fourth-order valence-corrected chi connectivity index (χ4v) is 2.14. The number of methoxy groups -OCH3 is 1. The summed E-state index contributed by atoms with van der Waals surface area (Å²) in [6.45, 7) is 3.79. The van der Waals surface area contributed by atoms with Gasteiger partial charge in [0.25, 0.3) is 0 Å². The van der Waals surface area contributed by atoms with Gasteiger partial charge in [0, 0.05) is 22.9 Å². The van der Waals surface area contributed by atoms with Crippen molar-refractivity contribution in [1.82, 2.24) is 4.98 Å². The fraction of sp³-hybridized carbons (Fsp3) is 0.250. The number of hydrogen-bond acceptors (Lipinski definition) is 3. The number of ketones is 1. The third-order valence-electron chi connectivity index (χ3n) is 3.24. The van der Waals surface area contributed by atoms with Crippen LogP contribution in [-0.4, -0.2) is 17.9 Å². The van der Waals surface area contributed by atoms with Crippen LogP contribution in [0.1, 0.15) is 27.2 Å². The summed E-state index contributed by atoms with van der Waals surface area (Å²) in [4.78, 5) is 16.5. The molecule has 0 saturated carbocycles. The summed E-state index contributed by atoms with van der Waals surface area (Å²) < 4.78 is 18.2. The molecule has 1 aromatic heterocycles. The normalized spacial score (nSPS) is 10.4. The van der Waals surface area contributed by atoms with E-state index < -0.39 is 0 Å². The highest BCUT2D eigenvalue weighted by Crippen LogP contribution is 2.24. The number of Topliss-reactive ketones (excluding diaryl/α,β-unsaturated/α-hetero) is 1. The van der Waals surface area contributed by atoms with Crippen molar-refractivity contribution in [3.8, 4) is 5.75 Å². The first kappa shape index (κ1) is 14.2. The van der Waals surface area contributed by atoms with Crippen LogP contribution in [0, 0.1) is 19.7 Å². The molecule has 0 radical (unpaired) electrons. The Morgan fingerprint density at radius 3 is 2.50 bits per heavy atom. The minimum absolute atomic E-state index is 0.0912. The van der Waals surface area contributed by atoms with Crippen molar-refractivity contribution in [2.24, 2.45) is 0 Å². The molecule has 0 aliphatic rings. The molecule has 3 nitrogen and oxygen atoms in total. The molecule has 2 aromatic rings. The zero-order chi connectivity index (χ0) is 14.7. The van der Waals surface area contributed by atoms with Gasteiger partial charge in [-0.15, -0.1) is 0 Å².